The molecule has 1 amide bonds. The fourth-order valence-electron chi connectivity index (χ4n) is 3.40. The molecule has 1 N–H and O–H groups in total. The number of amides is 1. The fraction of sp³-hybridized carbons (Fsp3) is 0.278. The van der Waals surface area contributed by atoms with Crippen LogP contribution in [0.2, 0.25) is 0 Å². The Morgan fingerprint density at radius 1 is 1.19 bits per heavy atom. The number of nitrogens with zero attached hydrogens (tertiary/aromatic N) is 5. The Balaban J connectivity index is 1.70. The normalized spacial score (nSPS) is 13.7. The molecule has 138 valence electrons. The van der Waals surface area contributed by atoms with Gasteiger partial charge in [-0.3, -0.25) is 4.79 Å². The molecule has 0 saturated carbocycles. The Labute approximate surface area is 153 Å². The van der Waals surface area contributed by atoms with E-state index in [4.69, 9.17) is 0 Å². The second-order valence-electron chi connectivity index (χ2n) is 6.52. The van der Waals surface area contributed by atoms with Crippen LogP contribution in [0.25, 0.3) is 5.78 Å². The minimum atomic E-state index is -1.15. The van der Waals surface area contributed by atoms with Gasteiger partial charge in [-0.25, -0.2) is 18.7 Å². The molecule has 1 aromatic carbocycles. The highest BCUT2D eigenvalue weighted by Gasteiger charge is 2.29. The van der Waals surface area contributed by atoms with Gasteiger partial charge in [0.25, 0.3) is 11.7 Å². The maximum absolute atomic E-state index is 14.1. The molecule has 0 atom stereocenters. The van der Waals surface area contributed by atoms with E-state index < -0.39 is 17.7 Å². The number of aromatic carboxylic acids is 1. The van der Waals surface area contributed by atoms with Crippen LogP contribution >= 0.6 is 0 Å². The molecule has 3 aromatic rings. The van der Waals surface area contributed by atoms with Crippen LogP contribution in [0.15, 0.2) is 18.2 Å². The van der Waals surface area contributed by atoms with Crippen molar-refractivity contribution in [2.75, 3.05) is 6.54 Å². The van der Waals surface area contributed by atoms with Crippen molar-refractivity contribution in [1.82, 2.24) is 24.5 Å². The lowest BCUT2D eigenvalue weighted by molar-refractivity contribution is 0.0673. The summed E-state index contributed by atoms with van der Waals surface area (Å²) in [5.41, 5.74) is 2.22. The molecule has 0 saturated heterocycles. The number of rotatable bonds is 2. The van der Waals surface area contributed by atoms with E-state index in [1.165, 1.54) is 15.5 Å². The van der Waals surface area contributed by atoms with Crippen molar-refractivity contribution in [3.8, 4) is 0 Å². The Kier molecular flexibility index (Phi) is 3.87. The maximum Gasteiger partial charge on any atom is 0.336 e. The smallest absolute Gasteiger partial charge is 0.336 e. The van der Waals surface area contributed by atoms with Crippen LogP contribution in [0.3, 0.4) is 0 Å². The molecule has 0 unspecified atom stereocenters. The van der Waals surface area contributed by atoms with Gasteiger partial charge in [0.15, 0.2) is 0 Å². The summed E-state index contributed by atoms with van der Waals surface area (Å²) in [5, 5.41) is 13.6. The first-order valence-electron chi connectivity index (χ1n) is 8.39. The van der Waals surface area contributed by atoms with Gasteiger partial charge in [0, 0.05) is 24.5 Å². The molecule has 1 aliphatic heterocycles. The number of aromatic nitrogens is 4. The molecule has 0 radical (unpaired) electrons. The van der Waals surface area contributed by atoms with Crippen molar-refractivity contribution in [3.05, 3.63) is 57.9 Å². The van der Waals surface area contributed by atoms with E-state index in [-0.39, 0.29) is 30.9 Å². The number of fused-ring (bicyclic) bond motifs is 2. The second kappa shape index (κ2) is 6.11. The summed E-state index contributed by atoms with van der Waals surface area (Å²) in [5.74, 6) is -1.74. The largest absolute Gasteiger partial charge is 0.478 e. The summed E-state index contributed by atoms with van der Waals surface area (Å²) in [4.78, 5) is 34.2. The van der Waals surface area contributed by atoms with Gasteiger partial charge in [-0.15, -0.1) is 5.10 Å². The van der Waals surface area contributed by atoms with Crippen LogP contribution in [0.5, 0.6) is 0 Å². The molecular weight excluding hydrogens is 353 g/mol. The lowest BCUT2D eigenvalue weighted by atomic mass is 9.94. The molecule has 9 heteroatoms. The van der Waals surface area contributed by atoms with E-state index in [1.807, 2.05) is 19.9 Å². The van der Waals surface area contributed by atoms with Crippen molar-refractivity contribution in [2.24, 2.45) is 0 Å². The first kappa shape index (κ1) is 17.1. The Hall–Kier alpha value is -3.36. The first-order chi connectivity index (χ1) is 12.8. The van der Waals surface area contributed by atoms with Gasteiger partial charge in [-0.1, -0.05) is 0 Å². The van der Waals surface area contributed by atoms with E-state index in [0.29, 0.717) is 16.9 Å². The van der Waals surface area contributed by atoms with Gasteiger partial charge < -0.3 is 10.0 Å². The lowest BCUT2D eigenvalue weighted by Crippen LogP contribution is -2.37. The van der Waals surface area contributed by atoms with E-state index >= 15 is 0 Å². The standard InChI is InChI=1S/C18H16FN5O3/c1-9-7-10(2)24-18(20-9)21-15(22-24)16(25)23-6-5-11-13(8-23)12(17(26)27)3-4-14(11)19/h3-4,7H,5-6,8H2,1-2H3,(H,26,27). The van der Waals surface area contributed by atoms with E-state index in [9.17, 15) is 19.1 Å². The van der Waals surface area contributed by atoms with E-state index in [2.05, 4.69) is 15.1 Å². The summed E-state index contributed by atoms with van der Waals surface area (Å²) in [6.07, 6.45) is 0.234. The van der Waals surface area contributed by atoms with Crippen LogP contribution in [-0.2, 0) is 13.0 Å². The number of hydrogen-bond acceptors (Lipinski definition) is 5. The minimum absolute atomic E-state index is 0.00000324. The number of hydrogen-bond donors (Lipinski definition) is 1. The van der Waals surface area contributed by atoms with Gasteiger partial charge in [0.05, 0.1) is 5.56 Å². The fourth-order valence-corrected chi connectivity index (χ4v) is 3.40. The summed E-state index contributed by atoms with van der Waals surface area (Å²) >= 11 is 0. The predicted octanol–water partition coefficient (Wildman–Crippen LogP) is 1.78. The SMILES string of the molecule is Cc1cc(C)n2nc(C(=O)N3CCc4c(F)ccc(C(=O)O)c4C3)nc2n1. The average Bonchev–Trinajstić information content (AvgIpc) is 3.05. The number of carbonyl (C=O) groups is 2. The third-order valence-corrected chi connectivity index (χ3v) is 4.68. The first-order valence-corrected chi connectivity index (χ1v) is 8.39. The Morgan fingerprint density at radius 3 is 2.70 bits per heavy atom. The molecule has 2 aromatic heterocycles. The monoisotopic (exact) mass is 369 g/mol. The minimum Gasteiger partial charge on any atom is -0.478 e. The predicted molar refractivity (Wildman–Crippen MR) is 92.1 cm³/mol. The zero-order valence-electron chi connectivity index (χ0n) is 14.7. The molecule has 3 heterocycles. The topological polar surface area (TPSA) is 101 Å². The molecule has 1 aliphatic rings. The summed E-state index contributed by atoms with van der Waals surface area (Å²) in [6.45, 7) is 3.91. The van der Waals surface area contributed by atoms with Crippen molar-refractivity contribution < 1.29 is 19.1 Å². The highest BCUT2D eigenvalue weighted by atomic mass is 19.1. The van der Waals surface area contributed by atoms with Crippen molar-refractivity contribution in [1.29, 1.82) is 0 Å². The van der Waals surface area contributed by atoms with Crippen LogP contribution in [0, 0.1) is 19.7 Å². The van der Waals surface area contributed by atoms with Gasteiger partial charge in [0.1, 0.15) is 5.82 Å². The number of carbonyl (C=O) groups excluding carboxylic acids is 1. The maximum atomic E-state index is 14.1. The highest BCUT2D eigenvalue weighted by Crippen LogP contribution is 2.26. The average molecular weight is 369 g/mol. The number of carboxylic acids is 1. The highest BCUT2D eigenvalue weighted by molar-refractivity contribution is 5.92. The molecule has 8 nitrogen and oxygen atoms in total. The van der Waals surface area contributed by atoms with Crippen LogP contribution in [-0.4, -0.2) is 48.0 Å². The zero-order chi connectivity index (χ0) is 19.3. The number of carboxylic acid groups (broad SMARTS) is 1. The van der Waals surface area contributed by atoms with E-state index in [0.717, 1.165) is 17.5 Å². The van der Waals surface area contributed by atoms with Gasteiger partial charge in [0.2, 0.25) is 5.82 Å². The summed E-state index contributed by atoms with van der Waals surface area (Å²) in [6, 6.07) is 4.21. The number of benzene rings is 1. The quantitative estimate of drug-likeness (QED) is 0.739. The van der Waals surface area contributed by atoms with Gasteiger partial charge in [-0.05, 0) is 49.6 Å². The van der Waals surface area contributed by atoms with Crippen LogP contribution in [0.1, 0.15) is 43.5 Å². The molecule has 27 heavy (non-hydrogen) atoms. The molecule has 0 bridgehead atoms. The molecular formula is C18H16FN5O3. The zero-order valence-corrected chi connectivity index (χ0v) is 14.7. The Morgan fingerprint density at radius 2 is 1.96 bits per heavy atom. The van der Waals surface area contributed by atoms with Crippen molar-refractivity contribution >= 4 is 17.7 Å². The van der Waals surface area contributed by atoms with Crippen LogP contribution < -0.4 is 0 Å². The lowest BCUT2D eigenvalue weighted by Gasteiger charge is -2.29. The molecule has 0 fully saturated rings. The molecule has 0 spiro atoms. The van der Waals surface area contributed by atoms with Gasteiger partial charge in [-0.2, -0.15) is 4.98 Å². The third-order valence-electron chi connectivity index (χ3n) is 4.68. The summed E-state index contributed by atoms with van der Waals surface area (Å²) in [7, 11) is 0. The van der Waals surface area contributed by atoms with Crippen LogP contribution in [0.4, 0.5) is 4.39 Å². The molecule has 4 rings (SSSR count). The van der Waals surface area contributed by atoms with Crippen molar-refractivity contribution in [3.63, 3.8) is 0 Å². The van der Waals surface area contributed by atoms with E-state index in [1.54, 1.807) is 0 Å². The van der Waals surface area contributed by atoms with Crippen molar-refractivity contribution in [2.45, 2.75) is 26.8 Å². The number of aryl methyl sites for hydroxylation is 2. The Bertz CT molecular complexity index is 1110. The third kappa shape index (κ3) is 2.80. The van der Waals surface area contributed by atoms with Gasteiger partial charge >= 0.3 is 5.97 Å². The molecule has 0 aliphatic carbocycles. The number of halogens is 1. The summed E-state index contributed by atoms with van der Waals surface area (Å²) < 4.78 is 15.5. The second-order valence-corrected chi connectivity index (χ2v) is 6.52.